The third-order valence-electron chi connectivity index (χ3n) is 5.79. The molecular weight excluding hydrogens is 595 g/mol. The molecule has 0 radical (unpaired) electrons. The molecule has 1 unspecified atom stereocenters. The van der Waals surface area contributed by atoms with Gasteiger partial charge in [-0.25, -0.2) is 27.0 Å². The molecule has 2 N–H and O–H groups in total. The lowest BCUT2D eigenvalue weighted by Gasteiger charge is -2.36. The van der Waals surface area contributed by atoms with Crippen LogP contribution in [0.3, 0.4) is 0 Å². The van der Waals surface area contributed by atoms with Crippen LogP contribution in [0.25, 0.3) is 22.4 Å². The fourth-order valence-corrected chi connectivity index (χ4v) is 5.28. The summed E-state index contributed by atoms with van der Waals surface area (Å²) in [4.78, 5) is 8.54. The molecule has 0 amide bonds. The first-order valence-electron chi connectivity index (χ1n) is 11.1. The van der Waals surface area contributed by atoms with Gasteiger partial charge in [0.05, 0.1) is 11.3 Å². The van der Waals surface area contributed by atoms with Gasteiger partial charge in [-0.1, -0.05) is 12.1 Å². The van der Waals surface area contributed by atoms with Gasteiger partial charge >= 0.3 is 21.7 Å². The molecule has 1 fully saturated rings. The van der Waals surface area contributed by atoms with Crippen molar-refractivity contribution >= 4 is 32.8 Å². The lowest BCUT2D eigenvalue weighted by Crippen LogP contribution is -2.52. The molecule has 18 heteroatoms. The zero-order valence-electron chi connectivity index (χ0n) is 19.9. The normalized spacial score (nSPS) is 16.1. The van der Waals surface area contributed by atoms with E-state index in [0.29, 0.717) is 0 Å². The van der Waals surface area contributed by atoms with Crippen LogP contribution in [0.15, 0.2) is 48.5 Å². The summed E-state index contributed by atoms with van der Waals surface area (Å²) in [6.45, 7) is -2.33. The lowest BCUT2D eigenvalue weighted by atomic mass is 9.98. The number of benzene rings is 2. The van der Waals surface area contributed by atoms with E-state index >= 15 is 0 Å². The Balaban J connectivity index is 1.91. The number of sulfonamides is 1. The highest BCUT2D eigenvalue weighted by Gasteiger charge is 2.50. The number of piperazine rings is 1. The Morgan fingerprint density at radius 1 is 0.900 bits per heavy atom. The number of alkyl halides is 6. The molecule has 1 aromatic heterocycles. The highest BCUT2D eigenvalue weighted by Crippen LogP contribution is 2.41. The van der Waals surface area contributed by atoms with Crippen molar-refractivity contribution in [3.05, 3.63) is 60.2 Å². The molecule has 2 heterocycles. The molecular formula is C22H18F7N5O4S2. The number of rotatable bonds is 6. The Morgan fingerprint density at radius 3 is 2.08 bits per heavy atom. The maximum absolute atomic E-state index is 13.9. The minimum Gasteiger partial charge on any atom is -0.353 e. The predicted octanol–water partition coefficient (Wildman–Crippen LogP) is 4.49. The van der Waals surface area contributed by atoms with Crippen LogP contribution in [0, 0.1) is 5.82 Å². The second kappa shape index (κ2) is 10.9. The van der Waals surface area contributed by atoms with Crippen LogP contribution in [-0.2, 0) is 27.5 Å². The van der Waals surface area contributed by atoms with Gasteiger partial charge in [0.15, 0.2) is 0 Å². The summed E-state index contributed by atoms with van der Waals surface area (Å²) in [6.07, 6.45) is -5.07. The number of nitrogens with one attached hydrogen (secondary N) is 1. The Bertz CT molecular complexity index is 1530. The van der Waals surface area contributed by atoms with E-state index in [4.69, 9.17) is 0 Å². The molecule has 40 heavy (non-hydrogen) atoms. The summed E-state index contributed by atoms with van der Waals surface area (Å²) in [5.41, 5.74) is -5.68. The van der Waals surface area contributed by atoms with Gasteiger partial charge in [0.2, 0.25) is 5.82 Å². The highest BCUT2D eigenvalue weighted by atomic mass is 32.2. The summed E-state index contributed by atoms with van der Waals surface area (Å²) in [7, 11) is -5.67. The summed E-state index contributed by atoms with van der Waals surface area (Å²) in [6, 6.07) is 9.85. The number of nitrogens with zero attached hydrogens (tertiary/aromatic N) is 4. The van der Waals surface area contributed by atoms with Gasteiger partial charge in [0.1, 0.15) is 11.6 Å². The monoisotopic (exact) mass is 613 g/mol. The van der Waals surface area contributed by atoms with E-state index in [1.165, 1.54) is 41.3 Å². The molecule has 0 saturated carbocycles. The largest absolute Gasteiger partial charge is 0.511 e. The van der Waals surface area contributed by atoms with Gasteiger partial charge in [-0.05, 0) is 42.0 Å². The van der Waals surface area contributed by atoms with E-state index in [1.807, 2.05) is 0 Å². The summed E-state index contributed by atoms with van der Waals surface area (Å²) < 4.78 is 141. The smallest absolute Gasteiger partial charge is 0.353 e. The summed E-state index contributed by atoms with van der Waals surface area (Å²) in [5, 5.41) is 0. The van der Waals surface area contributed by atoms with Crippen molar-refractivity contribution in [3.63, 3.8) is 0 Å². The van der Waals surface area contributed by atoms with Crippen molar-refractivity contribution in [2.45, 2.75) is 11.7 Å². The third kappa shape index (κ3) is 6.18. The van der Waals surface area contributed by atoms with Gasteiger partial charge in [-0.3, -0.25) is 9.27 Å². The van der Waals surface area contributed by atoms with Crippen LogP contribution >= 0.6 is 0 Å². The van der Waals surface area contributed by atoms with E-state index in [0.717, 1.165) is 12.1 Å². The van der Waals surface area contributed by atoms with E-state index in [9.17, 15) is 47.9 Å². The van der Waals surface area contributed by atoms with Crippen molar-refractivity contribution in [3.8, 4) is 22.4 Å². The summed E-state index contributed by atoms with van der Waals surface area (Å²) in [5.74, 6) is -2.66. The van der Waals surface area contributed by atoms with E-state index < -0.39 is 70.8 Å². The highest BCUT2D eigenvalue weighted by molar-refractivity contribution is 7.90. The number of anilines is 2. The Morgan fingerprint density at radius 2 is 1.52 bits per heavy atom. The minimum absolute atomic E-state index is 0.0351. The third-order valence-corrected chi connectivity index (χ3v) is 7.83. The molecule has 3 aromatic rings. The van der Waals surface area contributed by atoms with Gasteiger partial charge in [0.25, 0.3) is 11.3 Å². The van der Waals surface area contributed by atoms with Crippen LogP contribution in [0.2, 0.25) is 0 Å². The van der Waals surface area contributed by atoms with Crippen molar-refractivity contribution in [2.24, 2.45) is 0 Å². The molecule has 0 spiro atoms. The van der Waals surface area contributed by atoms with Crippen LogP contribution < -0.4 is 9.62 Å². The fraction of sp³-hybridized carbons (Fsp3) is 0.273. The van der Waals surface area contributed by atoms with E-state index in [1.54, 1.807) is 0 Å². The van der Waals surface area contributed by atoms with Gasteiger partial charge < -0.3 is 4.90 Å². The maximum atomic E-state index is 13.9. The van der Waals surface area contributed by atoms with Gasteiger partial charge in [-0.2, -0.15) is 30.6 Å². The molecule has 4 rings (SSSR count). The number of halogens is 7. The molecule has 1 aliphatic heterocycles. The average molecular weight is 614 g/mol. The topological polar surface area (TPSA) is 116 Å². The molecule has 9 nitrogen and oxygen atoms in total. The van der Waals surface area contributed by atoms with Crippen LogP contribution in [0.5, 0.6) is 0 Å². The van der Waals surface area contributed by atoms with Gasteiger partial charge in [0, 0.05) is 37.4 Å². The first kappa shape index (κ1) is 29.6. The van der Waals surface area contributed by atoms with Crippen molar-refractivity contribution in [2.75, 3.05) is 35.8 Å². The second-order valence-electron chi connectivity index (χ2n) is 8.37. The van der Waals surface area contributed by atoms with Crippen LogP contribution in [0.4, 0.5) is 42.2 Å². The molecule has 1 aliphatic rings. The van der Waals surface area contributed by atoms with Crippen LogP contribution in [-0.4, -0.2) is 63.1 Å². The Kier molecular flexibility index (Phi) is 8.08. The van der Waals surface area contributed by atoms with E-state index in [-0.39, 0.29) is 38.2 Å². The summed E-state index contributed by atoms with van der Waals surface area (Å²) >= 11 is -2.51. The molecule has 2 aromatic carbocycles. The number of hydrogen-bond acceptors (Lipinski definition) is 6. The first-order chi connectivity index (χ1) is 18.6. The number of aromatic nitrogens is 2. The molecule has 1 saturated heterocycles. The maximum Gasteiger partial charge on any atom is 0.511 e. The zero-order chi connectivity index (χ0) is 29.5. The van der Waals surface area contributed by atoms with Crippen LogP contribution in [0.1, 0.15) is 5.82 Å². The zero-order valence-corrected chi connectivity index (χ0v) is 21.5. The van der Waals surface area contributed by atoms with Crippen molar-refractivity contribution in [1.82, 2.24) is 14.3 Å². The fourth-order valence-electron chi connectivity index (χ4n) is 4.01. The number of hydrogen-bond donors (Lipinski definition) is 2. The van der Waals surface area contributed by atoms with E-state index in [2.05, 4.69) is 14.7 Å². The lowest BCUT2D eigenvalue weighted by molar-refractivity contribution is -0.144. The molecule has 1 atom stereocenters. The average Bonchev–Trinajstić information content (AvgIpc) is 2.87. The Hall–Kier alpha value is -3.35. The second-order valence-corrected chi connectivity index (χ2v) is 11.0. The van der Waals surface area contributed by atoms with Crippen molar-refractivity contribution < 1.29 is 47.9 Å². The molecule has 216 valence electrons. The quantitative estimate of drug-likeness (QED) is 0.311. The molecule has 0 aliphatic carbocycles. The SMILES string of the molecule is O=S(O)Nc1cccc(-c2c(-c3ccc(F)cc3)nc(C(F)(F)F)nc2N2CCN(S(=O)(=O)C(F)(F)F)CC2)c1. The Labute approximate surface area is 225 Å². The van der Waals surface area contributed by atoms with Gasteiger partial charge in [-0.15, -0.1) is 0 Å². The standard InChI is InChI=1S/C22H18F7N5O4S2/c23-15-6-4-13(5-7-15)18-17(14-2-1-3-16(12-14)32-39(35)36)19(31-20(30-18)21(24,25)26)33-8-10-34(11-9-33)40(37,38)22(27,28)29/h1-7,12,32H,8-11H2,(H,35,36). The predicted molar refractivity (Wildman–Crippen MR) is 131 cm³/mol. The first-order valence-corrected chi connectivity index (χ1v) is 13.7. The van der Waals surface area contributed by atoms with Crippen molar-refractivity contribution in [1.29, 1.82) is 0 Å². The molecule has 0 bridgehead atoms. The minimum atomic E-state index is -5.67.